The highest BCUT2D eigenvalue weighted by Crippen LogP contribution is 2.29. The number of amides is 2. The van der Waals surface area contributed by atoms with Gasteiger partial charge in [0.15, 0.2) is 0 Å². The van der Waals surface area contributed by atoms with Gasteiger partial charge in [0.1, 0.15) is 0 Å². The molecule has 1 aliphatic heterocycles. The van der Waals surface area contributed by atoms with Gasteiger partial charge in [0.05, 0.1) is 5.41 Å². The van der Waals surface area contributed by atoms with E-state index >= 15 is 0 Å². The summed E-state index contributed by atoms with van der Waals surface area (Å²) >= 11 is 0. The summed E-state index contributed by atoms with van der Waals surface area (Å²) < 4.78 is 5.12. The van der Waals surface area contributed by atoms with Crippen molar-refractivity contribution in [1.82, 2.24) is 10.6 Å². The number of carbonyl (C=O) groups excluding carboxylic acids is 1. The van der Waals surface area contributed by atoms with Crippen molar-refractivity contribution in [2.24, 2.45) is 5.41 Å². The van der Waals surface area contributed by atoms with Crippen LogP contribution >= 0.6 is 0 Å². The second kappa shape index (κ2) is 4.97. The Kier molecular flexibility index (Phi) is 3.90. The molecule has 0 spiro atoms. The largest absolute Gasteiger partial charge is 0.481 e. The van der Waals surface area contributed by atoms with Crippen LogP contribution in [0.1, 0.15) is 12.8 Å². The van der Waals surface area contributed by atoms with Gasteiger partial charge in [-0.15, -0.1) is 0 Å². The first-order valence-electron chi connectivity index (χ1n) is 4.87. The fourth-order valence-electron chi connectivity index (χ4n) is 1.57. The van der Waals surface area contributed by atoms with Gasteiger partial charge in [-0.25, -0.2) is 4.79 Å². The highest BCUT2D eigenvalue weighted by atomic mass is 16.5. The summed E-state index contributed by atoms with van der Waals surface area (Å²) in [6.07, 6.45) is 0.874. The standard InChI is InChI=1S/C9H16N2O4/c1-10-8(14)11-6-9(7(12)13)2-4-15-5-3-9/h2-6H2,1H3,(H,12,13)(H2,10,11,14). The molecule has 1 fully saturated rings. The van der Waals surface area contributed by atoms with E-state index in [2.05, 4.69) is 10.6 Å². The van der Waals surface area contributed by atoms with E-state index in [-0.39, 0.29) is 12.6 Å². The highest BCUT2D eigenvalue weighted by Gasteiger charge is 2.40. The molecule has 1 rings (SSSR count). The van der Waals surface area contributed by atoms with Gasteiger partial charge in [-0.1, -0.05) is 0 Å². The first kappa shape index (κ1) is 11.8. The number of nitrogens with one attached hydrogen (secondary N) is 2. The molecule has 86 valence electrons. The number of rotatable bonds is 3. The lowest BCUT2D eigenvalue weighted by atomic mass is 9.80. The van der Waals surface area contributed by atoms with Crippen LogP contribution in [0.3, 0.4) is 0 Å². The summed E-state index contributed by atoms with van der Waals surface area (Å²) in [7, 11) is 1.49. The van der Waals surface area contributed by atoms with Crippen molar-refractivity contribution in [3.63, 3.8) is 0 Å². The van der Waals surface area contributed by atoms with E-state index < -0.39 is 11.4 Å². The molecule has 0 aromatic rings. The Labute approximate surface area is 88.0 Å². The zero-order valence-corrected chi connectivity index (χ0v) is 8.71. The van der Waals surface area contributed by atoms with E-state index in [9.17, 15) is 9.59 Å². The molecule has 0 atom stereocenters. The normalized spacial score (nSPS) is 19.3. The minimum absolute atomic E-state index is 0.144. The van der Waals surface area contributed by atoms with E-state index in [1.807, 2.05) is 0 Å². The topological polar surface area (TPSA) is 87.7 Å². The monoisotopic (exact) mass is 216 g/mol. The lowest BCUT2D eigenvalue weighted by molar-refractivity contribution is -0.154. The van der Waals surface area contributed by atoms with E-state index in [1.54, 1.807) is 0 Å². The summed E-state index contributed by atoms with van der Waals surface area (Å²) in [5, 5.41) is 14.1. The maximum atomic E-state index is 11.1. The van der Waals surface area contributed by atoms with Gasteiger partial charge in [-0.05, 0) is 12.8 Å². The molecule has 3 N–H and O–H groups in total. The Balaban J connectivity index is 2.57. The van der Waals surface area contributed by atoms with Crippen LogP contribution in [0.4, 0.5) is 4.79 Å². The number of hydrogen-bond donors (Lipinski definition) is 3. The molecule has 6 heteroatoms. The minimum atomic E-state index is -0.873. The SMILES string of the molecule is CNC(=O)NCC1(C(=O)O)CCOCC1. The predicted molar refractivity (Wildman–Crippen MR) is 52.6 cm³/mol. The quantitative estimate of drug-likeness (QED) is 0.609. The zero-order valence-electron chi connectivity index (χ0n) is 8.71. The van der Waals surface area contributed by atoms with Gasteiger partial charge >= 0.3 is 12.0 Å². The molecule has 15 heavy (non-hydrogen) atoms. The van der Waals surface area contributed by atoms with Gasteiger partial charge in [0.25, 0.3) is 0 Å². The maximum absolute atomic E-state index is 11.1. The number of ether oxygens (including phenoxy) is 1. The summed E-state index contributed by atoms with van der Waals surface area (Å²) in [6, 6.07) is -0.359. The second-order valence-electron chi connectivity index (χ2n) is 3.63. The van der Waals surface area contributed by atoms with Crippen molar-refractivity contribution in [3.8, 4) is 0 Å². The number of carbonyl (C=O) groups is 2. The molecule has 0 radical (unpaired) electrons. The lowest BCUT2D eigenvalue weighted by Gasteiger charge is -2.32. The third-order valence-electron chi connectivity index (χ3n) is 2.72. The van der Waals surface area contributed by atoms with Crippen molar-refractivity contribution in [3.05, 3.63) is 0 Å². The van der Waals surface area contributed by atoms with Crippen LogP contribution in [0.15, 0.2) is 0 Å². The number of carboxylic acids is 1. The van der Waals surface area contributed by atoms with Crippen molar-refractivity contribution in [2.45, 2.75) is 12.8 Å². The molecule has 2 amide bonds. The van der Waals surface area contributed by atoms with E-state index in [1.165, 1.54) is 7.05 Å². The highest BCUT2D eigenvalue weighted by molar-refractivity contribution is 5.78. The van der Waals surface area contributed by atoms with Crippen molar-refractivity contribution >= 4 is 12.0 Å². The van der Waals surface area contributed by atoms with Crippen LogP contribution < -0.4 is 10.6 Å². The van der Waals surface area contributed by atoms with Gasteiger partial charge in [0.2, 0.25) is 0 Å². The van der Waals surface area contributed by atoms with E-state index in [0.717, 1.165) is 0 Å². The molecular formula is C9H16N2O4. The summed E-state index contributed by atoms with van der Waals surface area (Å²) in [6.45, 7) is 1.01. The van der Waals surface area contributed by atoms with Crippen LogP contribution in [0.2, 0.25) is 0 Å². The third kappa shape index (κ3) is 2.82. The molecular weight excluding hydrogens is 200 g/mol. The summed E-state index contributed by atoms with van der Waals surface area (Å²) in [4.78, 5) is 22.1. The Bertz CT molecular complexity index is 248. The summed E-state index contributed by atoms with van der Waals surface area (Å²) in [5.74, 6) is -0.873. The smallest absolute Gasteiger partial charge is 0.314 e. The Morgan fingerprint density at radius 2 is 2.00 bits per heavy atom. The predicted octanol–water partition coefficient (Wildman–Crippen LogP) is -0.203. The van der Waals surface area contributed by atoms with Gasteiger partial charge in [-0.3, -0.25) is 4.79 Å². The average molecular weight is 216 g/mol. The molecule has 6 nitrogen and oxygen atoms in total. The first-order valence-corrected chi connectivity index (χ1v) is 4.87. The number of carboxylic acid groups (broad SMARTS) is 1. The first-order chi connectivity index (χ1) is 7.10. The Hall–Kier alpha value is -1.30. The van der Waals surface area contributed by atoms with Crippen LogP contribution in [-0.4, -0.2) is 43.9 Å². The molecule has 1 heterocycles. The van der Waals surface area contributed by atoms with E-state index in [0.29, 0.717) is 26.1 Å². The molecule has 1 saturated heterocycles. The fraction of sp³-hybridized carbons (Fsp3) is 0.778. The molecule has 0 aromatic carbocycles. The number of hydrogen-bond acceptors (Lipinski definition) is 3. The van der Waals surface area contributed by atoms with E-state index in [4.69, 9.17) is 9.84 Å². The van der Waals surface area contributed by atoms with Crippen molar-refractivity contribution < 1.29 is 19.4 Å². The van der Waals surface area contributed by atoms with Crippen LogP contribution in [0.25, 0.3) is 0 Å². The number of aliphatic carboxylic acids is 1. The minimum Gasteiger partial charge on any atom is -0.481 e. The third-order valence-corrected chi connectivity index (χ3v) is 2.72. The fourth-order valence-corrected chi connectivity index (χ4v) is 1.57. The number of urea groups is 1. The van der Waals surface area contributed by atoms with Crippen LogP contribution in [-0.2, 0) is 9.53 Å². The van der Waals surface area contributed by atoms with Crippen molar-refractivity contribution in [1.29, 1.82) is 0 Å². The molecule has 1 aliphatic rings. The average Bonchev–Trinajstić information content (AvgIpc) is 2.27. The zero-order chi connectivity index (χ0) is 11.3. The Morgan fingerprint density at radius 1 is 1.40 bits per heavy atom. The summed E-state index contributed by atoms with van der Waals surface area (Å²) in [5.41, 5.74) is -0.870. The second-order valence-corrected chi connectivity index (χ2v) is 3.63. The molecule has 0 unspecified atom stereocenters. The molecule has 0 saturated carbocycles. The lowest BCUT2D eigenvalue weighted by Crippen LogP contribution is -2.48. The van der Waals surface area contributed by atoms with Crippen molar-refractivity contribution in [2.75, 3.05) is 26.8 Å². The van der Waals surface area contributed by atoms with Crippen LogP contribution in [0, 0.1) is 5.41 Å². The van der Waals surface area contributed by atoms with Gasteiger partial charge in [0, 0.05) is 26.8 Å². The maximum Gasteiger partial charge on any atom is 0.314 e. The van der Waals surface area contributed by atoms with Gasteiger partial charge in [-0.2, -0.15) is 0 Å². The molecule has 0 aromatic heterocycles. The molecule has 0 bridgehead atoms. The van der Waals surface area contributed by atoms with Crippen LogP contribution in [0.5, 0.6) is 0 Å². The Morgan fingerprint density at radius 3 is 2.47 bits per heavy atom. The van der Waals surface area contributed by atoms with Gasteiger partial charge < -0.3 is 20.5 Å². The molecule has 0 aliphatic carbocycles.